The first-order valence-electron chi connectivity index (χ1n) is 5.18. The third-order valence-corrected chi connectivity index (χ3v) is 2.16. The van der Waals surface area contributed by atoms with Crippen molar-refractivity contribution in [2.24, 2.45) is 5.92 Å². The first-order valence-corrected chi connectivity index (χ1v) is 5.18. The van der Waals surface area contributed by atoms with Crippen LogP contribution in [0.4, 0.5) is 0 Å². The Kier molecular flexibility index (Phi) is 7.42. The summed E-state index contributed by atoms with van der Waals surface area (Å²) in [4.78, 5) is 11.3. The van der Waals surface area contributed by atoms with Crippen molar-refractivity contribution in [3.8, 4) is 0 Å². The van der Waals surface area contributed by atoms with Gasteiger partial charge in [-0.25, -0.2) is 0 Å². The predicted molar refractivity (Wildman–Crippen MR) is 54.8 cm³/mol. The zero-order valence-corrected chi connectivity index (χ0v) is 8.99. The van der Waals surface area contributed by atoms with Gasteiger partial charge in [-0.3, -0.25) is 4.79 Å². The van der Waals surface area contributed by atoms with E-state index in [0.29, 0.717) is 13.0 Å². The van der Waals surface area contributed by atoms with E-state index < -0.39 is 6.10 Å². The summed E-state index contributed by atoms with van der Waals surface area (Å²) in [7, 11) is 0. The largest absolute Gasteiger partial charge is 0.394 e. The van der Waals surface area contributed by atoms with Crippen LogP contribution in [0.2, 0.25) is 0 Å². The van der Waals surface area contributed by atoms with Crippen LogP contribution in [0.15, 0.2) is 0 Å². The molecule has 1 amide bonds. The Morgan fingerprint density at radius 2 is 2.07 bits per heavy atom. The molecule has 0 aromatic heterocycles. The van der Waals surface area contributed by atoms with E-state index in [1.54, 1.807) is 0 Å². The van der Waals surface area contributed by atoms with Gasteiger partial charge >= 0.3 is 0 Å². The molecule has 4 nitrogen and oxygen atoms in total. The van der Waals surface area contributed by atoms with E-state index >= 15 is 0 Å². The van der Waals surface area contributed by atoms with E-state index in [4.69, 9.17) is 10.2 Å². The second kappa shape index (κ2) is 7.76. The van der Waals surface area contributed by atoms with Crippen LogP contribution in [0.3, 0.4) is 0 Å². The minimum absolute atomic E-state index is 0.0250. The first kappa shape index (κ1) is 13.4. The third-order valence-electron chi connectivity index (χ3n) is 2.16. The van der Waals surface area contributed by atoms with Gasteiger partial charge in [-0.1, -0.05) is 20.3 Å². The minimum Gasteiger partial charge on any atom is -0.394 e. The standard InChI is InChI=1S/C10H21NO3/c1-3-4-8(2)10(14)11-6-5-9(13)7-12/h8-9,12-13H,3-7H2,1-2H3,(H,11,14). The number of hydrogen-bond donors (Lipinski definition) is 3. The number of hydrogen-bond acceptors (Lipinski definition) is 3. The number of carbonyl (C=O) groups is 1. The number of aliphatic hydroxyl groups excluding tert-OH is 2. The van der Waals surface area contributed by atoms with Crippen molar-refractivity contribution >= 4 is 5.91 Å². The topological polar surface area (TPSA) is 69.6 Å². The van der Waals surface area contributed by atoms with E-state index in [1.165, 1.54) is 0 Å². The predicted octanol–water partition coefficient (Wildman–Crippen LogP) is 0.282. The molecule has 2 unspecified atom stereocenters. The van der Waals surface area contributed by atoms with Gasteiger partial charge in [0.25, 0.3) is 0 Å². The van der Waals surface area contributed by atoms with Crippen LogP contribution < -0.4 is 5.32 Å². The first-order chi connectivity index (χ1) is 6.61. The third kappa shape index (κ3) is 5.94. The van der Waals surface area contributed by atoms with Gasteiger partial charge in [0.1, 0.15) is 0 Å². The summed E-state index contributed by atoms with van der Waals surface area (Å²) in [5, 5.41) is 20.3. The Balaban J connectivity index is 3.53. The average molecular weight is 203 g/mol. The number of carbonyl (C=O) groups excluding carboxylic acids is 1. The zero-order valence-electron chi connectivity index (χ0n) is 8.99. The molecule has 0 aliphatic rings. The van der Waals surface area contributed by atoms with Crippen LogP contribution in [-0.4, -0.2) is 35.4 Å². The minimum atomic E-state index is -0.725. The van der Waals surface area contributed by atoms with Gasteiger partial charge in [0.05, 0.1) is 12.7 Å². The van der Waals surface area contributed by atoms with Gasteiger partial charge in [0.15, 0.2) is 0 Å². The second-order valence-electron chi connectivity index (χ2n) is 3.61. The number of rotatable bonds is 7. The summed E-state index contributed by atoms with van der Waals surface area (Å²) < 4.78 is 0. The summed E-state index contributed by atoms with van der Waals surface area (Å²) in [5.74, 6) is 0.0586. The quantitative estimate of drug-likeness (QED) is 0.556. The van der Waals surface area contributed by atoms with Crippen LogP contribution in [0.5, 0.6) is 0 Å². The van der Waals surface area contributed by atoms with Gasteiger partial charge < -0.3 is 15.5 Å². The lowest BCUT2D eigenvalue weighted by Gasteiger charge is -2.12. The molecule has 3 N–H and O–H groups in total. The molecule has 0 saturated heterocycles. The average Bonchev–Trinajstić information content (AvgIpc) is 2.17. The molecule has 0 heterocycles. The van der Waals surface area contributed by atoms with Gasteiger partial charge in [-0.15, -0.1) is 0 Å². The van der Waals surface area contributed by atoms with E-state index in [-0.39, 0.29) is 18.4 Å². The number of nitrogens with one attached hydrogen (secondary N) is 1. The van der Waals surface area contributed by atoms with Crippen molar-refractivity contribution in [3.05, 3.63) is 0 Å². The maximum atomic E-state index is 11.3. The molecule has 0 spiro atoms. The van der Waals surface area contributed by atoms with Crippen molar-refractivity contribution in [1.82, 2.24) is 5.32 Å². The fourth-order valence-corrected chi connectivity index (χ4v) is 1.19. The van der Waals surface area contributed by atoms with Gasteiger partial charge in [0.2, 0.25) is 5.91 Å². The number of amides is 1. The monoisotopic (exact) mass is 203 g/mol. The fourth-order valence-electron chi connectivity index (χ4n) is 1.19. The Bertz CT molecular complexity index is 161. The summed E-state index contributed by atoms with van der Waals surface area (Å²) in [5.41, 5.74) is 0. The maximum absolute atomic E-state index is 11.3. The SMILES string of the molecule is CCCC(C)C(=O)NCCC(O)CO. The van der Waals surface area contributed by atoms with Crippen molar-refractivity contribution in [1.29, 1.82) is 0 Å². The molecule has 0 aliphatic carbocycles. The van der Waals surface area contributed by atoms with Crippen molar-refractivity contribution < 1.29 is 15.0 Å². The highest BCUT2D eigenvalue weighted by atomic mass is 16.3. The summed E-state index contributed by atoms with van der Waals surface area (Å²) in [6.07, 6.45) is 1.56. The summed E-state index contributed by atoms with van der Waals surface area (Å²) in [6.45, 7) is 4.11. The molecule has 0 bridgehead atoms. The van der Waals surface area contributed by atoms with Gasteiger partial charge in [0, 0.05) is 12.5 Å². The van der Waals surface area contributed by atoms with Crippen molar-refractivity contribution in [3.63, 3.8) is 0 Å². The molecular formula is C10H21NO3. The molecule has 14 heavy (non-hydrogen) atoms. The van der Waals surface area contributed by atoms with Gasteiger partial charge in [-0.2, -0.15) is 0 Å². The molecular weight excluding hydrogens is 182 g/mol. The molecule has 0 aliphatic heterocycles. The van der Waals surface area contributed by atoms with E-state index in [9.17, 15) is 4.79 Å². The Labute approximate surface area is 85.3 Å². The lowest BCUT2D eigenvalue weighted by Crippen LogP contribution is -2.32. The fraction of sp³-hybridized carbons (Fsp3) is 0.900. The van der Waals surface area contributed by atoms with E-state index in [0.717, 1.165) is 12.8 Å². The Morgan fingerprint density at radius 1 is 1.43 bits per heavy atom. The van der Waals surface area contributed by atoms with Crippen LogP contribution in [0.25, 0.3) is 0 Å². The van der Waals surface area contributed by atoms with Gasteiger partial charge in [-0.05, 0) is 12.8 Å². The molecule has 0 saturated carbocycles. The molecule has 0 fully saturated rings. The zero-order chi connectivity index (χ0) is 11.0. The van der Waals surface area contributed by atoms with Crippen LogP contribution in [0, 0.1) is 5.92 Å². The van der Waals surface area contributed by atoms with Crippen molar-refractivity contribution in [2.75, 3.05) is 13.2 Å². The molecule has 84 valence electrons. The summed E-state index contributed by atoms with van der Waals surface area (Å²) >= 11 is 0. The highest BCUT2D eigenvalue weighted by Gasteiger charge is 2.11. The lowest BCUT2D eigenvalue weighted by molar-refractivity contribution is -0.124. The maximum Gasteiger partial charge on any atom is 0.222 e. The molecule has 0 radical (unpaired) electrons. The highest BCUT2D eigenvalue weighted by Crippen LogP contribution is 2.04. The van der Waals surface area contributed by atoms with E-state index in [1.807, 2.05) is 13.8 Å². The normalized spacial score (nSPS) is 14.9. The van der Waals surface area contributed by atoms with Crippen LogP contribution in [0.1, 0.15) is 33.1 Å². The molecule has 0 aromatic rings. The van der Waals surface area contributed by atoms with Crippen LogP contribution >= 0.6 is 0 Å². The smallest absolute Gasteiger partial charge is 0.222 e. The van der Waals surface area contributed by atoms with Crippen LogP contribution in [-0.2, 0) is 4.79 Å². The number of aliphatic hydroxyl groups is 2. The second-order valence-corrected chi connectivity index (χ2v) is 3.61. The molecule has 4 heteroatoms. The molecule has 2 atom stereocenters. The van der Waals surface area contributed by atoms with Crippen molar-refractivity contribution in [2.45, 2.75) is 39.2 Å². The Morgan fingerprint density at radius 3 is 2.57 bits per heavy atom. The van der Waals surface area contributed by atoms with E-state index in [2.05, 4.69) is 5.32 Å². The lowest BCUT2D eigenvalue weighted by atomic mass is 10.1. The Hall–Kier alpha value is -0.610. The highest BCUT2D eigenvalue weighted by molar-refractivity contribution is 5.78. The summed E-state index contributed by atoms with van der Waals surface area (Å²) in [6, 6.07) is 0. The molecule has 0 rings (SSSR count). The molecule has 0 aromatic carbocycles.